The lowest BCUT2D eigenvalue weighted by Crippen LogP contribution is -2.44. The molecule has 0 bridgehead atoms. The molecule has 0 unspecified atom stereocenters. The molecule has 0 atom stereocenters. The van der Waals surface area contributed by atoms with Gasteiger partial charge in [-0.05, 0) is 49.1 Å². The van der Waals surface area contributed by atoms with Crippen molar-refractivity contribution < 1.29 is 13.2 Å². The fraction of sp³-hybridized carbons (Fsp3) is 0.269. The Morgan fingerprint density at radius 1 is 0.875 bits per heavy atom. The van der Waals surface area contributed by atoms with Gasteiger partial charge in [0.15, 0.2) is 0 Å². The molecule has 6 heteroatoms. The number of sulfonamides is 1. The van der Waals surface area contributed by atoms with E-state index in [2.05, 4.69) is 6.07 Å². The monoisotopic (exact) mass is 448 g/mol. The van der Waals surface area contributed by atoms with Gasteiger partial charge in [0.2, 0.25) is 15.9 Å². The maximum absolute atomic E-state index is 13.5. The number of amides is 1. The van der Waals surface area contributed by atoms with Gasteiger partial charge in [-0.2, -0.15) is 4.31 Å². The Bertz CT molecular complexity index is 1200. The molecule has 166 valence electrons. The van der Waals surface area contributed by atoms with Crippen LogP contribution in [-0.4, -0.2) is 36.6 Å². The molecule has 3 aromatic rings. The van der Waals surface area contributed by atoms with Crippen LogP contribution in [0.2, 0.25) is 0 Å². The highest BCUT2D eigenvalue weighted by Gasteiger charge is 2.30. The molecule has 3 aromatic carbocycles. The summed E-state index contributed by atoms with van der Waals surface area (Å²) in [5, 5.41) is 0. The number of aryl methyl sites for hydroxylation is 2. The van der Waals surface area contributed by atoms with Gasteiger partial charge < -0.3 is 4.90 Å². The fourth-order valence-corrected chi connectivity index (χ4v) is 5.32. The zero-order valence-corrected chi connectivity index (χ0v) is 19.3. The number of fused-ring (bicyclic) bond motifs is 1. The lowest BCUT2D eigenvalue weighted by molar-refractivity contribution is -0.132. The molecule has 0 fully saturated rings. The molecule has 1 heterocycles. The van der Waals surface area contributed by atoms with Crippen LogP contribution in [0.3, 0.4) is 0 Å². The molecule has 4 rings (SSSR count). The van der Waals surface area contributed by atoms with E-state index in [1.807, 2.05) is 56.3 Å². The van der Waals surface area contributed by atoms with Crippen LogP contribution in [0.25, 0.3) is 0 Å². The molecular weight excluding hydrogens is 420 g/mol. The number of benzene rings is 3. The Hall–Kier alpha value is -2.96. The largest absolute Gasteiger partial charge is 0.337 e. The van der Waals surface area contributed by atoms with Crippen LogP contribution in [0.1, 0.15) is 27.8 Å². The van der Waals surface area contributed by atoms with Crippen molar-refractivity contribution in [1.82, 2.24) is 9.21 Å². The van der Waals surface area contributed by atoms with Gasteiger partial charge in [-0.3, -0.25) is 4.79 Å². The fourth-order valence-electron chi connectivity index (χ4n) is 3.94. The van der Waals surface area contributed by atoms with Gasteiger partial charge in [0.25, 0.3) is 0 Å². The summed E-state index contributed by atoms with van der Waals surface area (Å²) < 4.78 is 28.3. The predicted octanol–water partition coefficient (Wildman–Crippen LogP) is 4.08. The van der Waals surface area contributed by atoms with Gasteiger partial charge in [0.05, 0.1) is 11.4 Å². The number of nitrogens with zero attached hydrogens (tertiary/aromatic N) is 2. The zero-order valence-electron chi connectivity index (χ0n) is 18.5. The van der Waals surface area contributed by atoms with E-state index in [1.165, 1.54) is 9.87 Å². The second kappa shape index (κ2) is 9.27. The van der Waals surface area contributed by atoms with Gasteiger partial charge in [-0.1, -0.05) is 71.8 Å². The smallest absolute Gasteiger partial charge is 0.243 e. The van der Waals surface area contributed by atoms with Gasteiger partial charge in [-0.15, -0.1) is 0 Å². The maximum atomic E-state index is 13.5. The van der Waals surface area contributed by atoms with Crippen molar-refractivity contribution in [3.63, 3.8) is 0 Å². The molecule has 0 N–H and O–H groups in total. The summed E-state index contributed by atoms with van der Waals surface area (Å²) in [5.74, 6) is -0.178. The lowest BCUT2D eigenvalue weighted by atomic mass is 10.00. The zero-order chi connectivity index (χ0) is 22.7. The average molecular weight is 449 g/mol. The van der Waals surface area contributed by atoms with Crippen molar-refractivity contribution in [2.45, 2.75) is 38.3 Å². The van der Waals surface area contributed by atoms with E-state index in [9.17, 15) is 13.2 Å². The van der Waals surface area contributed by atoms with Gasteiger partial charge in [0, 0.05) is 19.6 Å². The highest BCUT2D eigenvalue weighted by Crippen LogP contribution is 2.22. The molecular formula is C26H28N2O3S. The van der Waals surface area contributed by atoms with E-state index >= 15 is 0 Å². The first-order valence-corrected chi connectivity index (χ1v) is 12.2. The number of hydrogen-bond donors (Lipinski definition) is 0. The van der Waals surface area contributed by atoms with Crippen LogP contribution in [0.5, 0.6) is 0 Å². The van der Waals surface area contributed by atoms with Crippen molar-refractivity contribution in [1.29, 1.82) is 0 Å². The molecule has 0 radical (unpaired) electrons. The topological polar surface area (TPSA) is 57.7 Å². The van der Waals surface area contributed by atoms with Crippen molar-refractivity contribution in [2.75, 3.05) is 13.1 Å². The summed E-state index contributed by atoms with van der Waals surface area (Å²) in [7, 11) is -3.83. The van der Waals surface area contributed by atoms with Gasteiger partial charge >= 0.3 is 0 Å². The van der Waals surface area contributed by atoms with E-state index in [1.54, 1.807) is 29.2 Å². The van der Waals surface area contributed by atoms with Crippen LogP contribution < -0.4 is 0 Å². The minimum absolute atomic E-state index is 0.145. The summed E-state index contributed by atoms with van der Waals surface area (Å²) in [4.78, 5) is 15.2. The van der Waals surface area contributed by atoms with Crippen molar-refractivity contribution in [2.24, 2.45) is 0 Å². The Balaban J connectivity index is 1.59. The second-order valence-electron chi connectivity index (χ2n) is 8.41. The lowest BCUT2D eigenvalue weighted by Gasteiger charge is -2.31. The molecule has 0 saturated heterocycles. The SMILES string of the molecule is Cc1ccc(CN(CC(=O)N2CCc3ccccc3C2)S(=O)(=O)c2ccc(C)cc2)cc1. The number of carbonyl (C=O) groups is 1. The Labute approximate surface area is 190 Å². The Morgan fingerprint density at radius 2 is 1.47 bits per heavy atom. The van der Waals surface area contributed by atoms with Gasteiger partial charge in [0.1, 0.15) is 0 Å². The molecule has 0 spiro atoms. The molecule has 0 aliphatic carbocycles. The van der Waals surface area contributed by atoms with Gasteiger partial charge in [-0.25, -0.2) is 8.42 Å². The highest BCUT2D eigenvalue weighted by molar-refractivity contribution is 7.89. The first-order chi connectivity index (χ1) is 15.3. The quantitative estimate of drug-likeness (QED) is 0.571. The third-order valence-corrected chi connectivity index (χ3v) is 7.74. The molecule has 1 aliphatic heterocycles. The maximum Gasteiger partial charge on any atom is 0.243 e. The first-order valence-electron chi connectivity index (χ1n) is 10.8. The highest BCUT2D eigenvalue weighted by atomic mass is 32.2. The van der Waals surface area contributed by atoms with E-state index in [-0.39, 0.29) is 23.9 Å². The number of rotatable bonds is 6. The van der Waals surface area contributed by atoms with Crippen LogP contribution >= 0.6 is 0 Å². The average Bonchev–Trinajstić information content (AvgIpc) is 2.80. The molecule has 1 aliphatic rings. The third-order valence-electron chi connectivity index (χ3n) is 5.93. The van der Waals surface area contributed by atoms with E-state index < -0.39 is 10.0 Å². The second-order valence-corrected chi connectivity index (χ2v) is 10.3. The summed E-state index contributed by atoms with van der Waals surface area (Å²) >= 11 is 0. The molecule has 5 nitrogen and oxygen atoms in total. The van der Waals surface area contributed by atoms with Crippen molar-refractivity contribution in [3.05, 3.63) is 101 Å². The molecule has 1 amide bonds. The van der Waals surface area contributed by atoms with E-state index in [0.717, 1.165) is 28.7 Å². The third kappa shape index (κ3) is 4.92. The minimum atomic E-state index is -3.83. The normalized spacial score (nSPS) is 13.8. The van der Waals surface area contributed by atoms with Crippen molar-refractivity contribution >= 4 is 15.9 Å². The minimum Gasteiger partial charge on any atom is -0.337 e. The number of hydrogen-bond acceptors (Lipinski definition) is 3. The molecule has 0 saturated carbocycles. The Morgan fingerprint density at radius 3 is 2.12 bits per heavy atom. The standard InChI is InChI=1S/C26H28N2O3S/c1-20-7-11-22(12-8-20)17-28(32(30,31)25-13-9-21(2)10-14-25)19-26(29)27-16-15-23-5-3-4-6-24(23)18-27/h3-14H,15-19H2,1-2H3. The van der Waals surface area contributed by atoms with Crippen LogP contribution in [-0.2, 0) is 34.3 Å². The van der Waals surface area contributed by atoms with E-state index in [0.29, 0.717) is 13.1 Å². The predicted molar refractivity (Wildman–Crippen MR) is 126 cm³/mol. The number of carbonyl (C=O) groups excluding carboxylic acids is 1. The molecule has 0 aromatic heterocycles. The summed E-state index contributed by atoms with van der Waals surface area (Å²) in [6.07, 6.45) is 0.782. The van der Waals surface area contributed by atoms with E-state index in [4.69, 9.17) is 0 Å². The summed E-state index contributed by atoms with van der Waals surface area (Å²) in [6.45, 7) is 4.97. The molecule has 32 heavy (non-hydrogen) atoms. The van der Waals surface area contributed by atoms with Crippen LogP contribution in [0.4, 0.5) is 0 Å². The summed E-state index contributed by atoms with van der Waals surface area (Å²) in [5.41, 5.74) is 5.31. The first kappa shape index (κ1) is 22.2. The van der Waals surface area contributed by atoms with Crippen LogP contribution in [0, 0.1) is 13.8 Å². The van der Waals surface area contributed by atoms with Crippen LogP contribution in [0.15, 0.2) is 77.7 Å². The van der Waals surface area contributed by atoms with Crippen molar-refractivity contribution in [3.8, 4) is 0 Å². The Kier molecular flexibility index (Phi) is 6.44. The summed E-state index contributed by atoms with van der Waals surface area (Å²) in [6, 6.07) is 22.6.